The Balaban J connectivity index is 1.30. The summed E-state index contributed by atoms with van der Waals surface area (Å²) in [6.45, 7) is 4.51. The van der Waals surface area contributed by atoms with E-state index >= 15 is 0 Å². The topological polar surface area (TPSA) is 73.7 Å². The van der Waals surface area contributed by atoms with Crippen LogP contribution in [0.4, 0.5) is 0 Å². The van der Waals surface area contributed by atoms with Gasteiger partial charge in [0.05, 0.1) is 23.7 Å². The monoisotopic (exact) mass is 459 g/mol. The average molecular weight is 460 g/mol. The molecule has 0 bridgehead atoms. The highest BCUT2D eigenvalue weighted by atomic mass is 16.5. The average Bonchev–Trinajstić information content (AvgIpc) is 3.59. The first-order valence-electron chi connectivity index (χ1n) is 12.3. The third-order valence-corrected chi connectivity index (χ3v) is 7.56. The van der Waals surface area contributed by atoms with Crippen LogP contribution in [-0.4, -0.2) is 51.8 Å². The zero-order valence-electron chi connectivity index (χ0n) is 19.5. The van der Waals surface area contributed by atoms with Crippen LogP contribution in [-0.2, 0) is 24.1 Å². The Morgan fingerprint density at radius 2 is 2.03 bits per heavy atom. The van der Waals surface area contributed by atoms with Gasteiger partial charge in [0.1, 0.15) is 23.1 Å². The van der Waals surface area contributed by atoms with E-state index in [0.29, 0.717) is 36.4 Å². The molecule has 2 aliphatic heterocycles. The molecule has 3 aromatic rings. The first-order valence-corrected chi connectivity index (χ1v) is 12.3. The number of fused-ring (bicyclic) bond motifs is 2. The lowest BCUT2D eigenvalue weighted by atomic mass is 10.00. The van der Waals surface area contributed by atoms with Crippen LogP contribution in [0.5, 0.6) is 5.75 Å². The van der Waals surface area contributed by atoms with Crippen LogP contribution < -0.4 is 10.2 Å². The number of aromatic nitrogens is 2. The van der Waals surface area contributed by atoms with Gasteiger partial charge < -0.3 is 18.9 Å². The zero-order chi connectivity index (χ0) is 23.3. The van der Waals surface area contributed by atoms with Gasteiger partial charge in [0, 0.05) is 38.7 Å². The van der Waals surface area contributed by atoms with Crippen LogP contribution in [0.2, 0.25) is 0 Å². The number of benzene rings is 1. The van der Waals surface area contributed by atoms with Gasteiger partial charge >= 0.3 is 0 Å². The third-order valence-electron chi connectivity index (χ3n) is 7.56. The van der Waals surface area contributed by atoms with Crippen molar-refractivity contribution >= 4 is 16.9 Å². The fourth-order valence-electron chi connectivity index (χ4n) is 5.77. The molecule has 6 rings (SSSR count). The van der Waals surface area contributed by atoms with E-state index in [0.717, 1.165) is 38.7 Å². The molecule has 2 fully saturated rings. The van der Waals surface area contributed by atoms with Crippen molar-refractivity contribution in [2.24, 2.45) is 0 Å². The quantitative estimate of drug-likeness (QED) is 0.598. The lowest BCUT2D eigenvalue weighted by Crippen LogP contribution is -2.37. The number of pyridine rings is 2. The van der Waals surface area contributed by atoms with Gasteiger partial charge in [-0.2, -0.15) is 0 Å². The Morgan fingerprint density at radius 1 is 1.24 bits per heavy atom. The van der Waals surface area contributed by atoms with Gasteiger partial charge in [-0.1, -0.05) is 24.3 Å². The molecule has 1 unspecified atom stereocenters. The fraction of sp³-hybridized carbons (Fsp3) is 0.444. The molecule has 34 heavy (non-hydrogen) atoms. The standard InChI is InChI=1S/C27H29N3O4/c1-2-29-16-23(26(32)30-10-9-27(17-30)8-5-11-33-27)24(31)22-14-21(15-28-25(22)29)34-20-12-18-6-3-4-7-19(18)13-20/h3-4,6-7,14-16,20H,2,5,8-13,17H2,1H3. The predicted molar refractivity (Wildman–Crippen MR) is 128 cm³/mol. The summed E-state index contributed by atoms with van der Waals surface area (Å²) in [5.41, 5.74) is 2.86. The number of hydrogen-bond acceptors (Lipinski definition) is 5. The van der Waals surface area contributed by atoms with Crippen molar-refractivity contribution in [1.29, 1.82) is 0 Å². The molecule has 3 aliphatic rings. The molecular weight excluding hydrogens is 430 g/mol. The molecule has 1 aromatic carbocycles. The summed E-state index contributed by atoms with van der Waals surface area (Å²) in [4.78, 5) is 33.2. The van der Waals surface area contributed by atoms with E-state index in [1.165, 1.54) is 11.1 Å². The number of carbonyl (C=O) groups excluding carboxylic acids is 1. The van der Waals surface area contributed by atoms with Crippen molar-refractivity contribution in [2.45, 2.75) is 57.3 Å². The number of aryl methyl sites for hydroxylation is 1. The highest BCUT2D eigenvalue weighted by Crippen LogP contribution is 2.35. The number of rotatable bonds is 4. The number of carbonyl (C=O) groups is 1. The van der Waals surface area contributed by atoms with E-state index in [2.05, 4.69) is 17.1 Å². The maximum Gasteiger partial charge on any atom is 0.259 e. The van der Waals surface area contributed by atoms with Crippen LogP contribution in [0, 0.1) is 0 Å². The van der Waals surface area contributed by atoms with Crippen molar-refractivity contribution in [1.82, 2.24) is 14.5 Å². The molecule has 0 saturated carbocycles. The first-order chi connectivity index (χ1) is 16.5. The Bertz CT molecular complexity index is 1300. The summed E-state index contributed by atoms with van der Waals surface area (Å²) in [6.07, 6.45) is 7.87. The van der Waals surface area contributed by atoms with Crippen molar-refractivity contribution in [3.63, 3.8) is 0 Å². The summed E-state index contributed by atoms with van der Waals surface area (Å²) in [6, 6.07) is 10.1. The lowest BCUT2D eigenvalue weighted by Gasteiger charge is -2.23. The van der Waals surface area contributed by atoms with Gasteiger partial charge in [-0.25, -0.2) is 4.98 Å². The van der Waals surface area contributed by atoms with Crippen molar-refractivity contribution in [3.8, 4) is 5.75 Å². The Labute approximate surface area is 198 Å². The minimum absolute atomic E-state index is 0.0158. The summed E-state index contributed by atoms with van der Waals surface area (Å²) in [5, 5.41) is 0.423. The van der Waals surface area contributed by atoms with Gasteiger partial charge in [0.25, 0.3) is 5.91 Å². The summed E-state index contributed by atoms with van der Waals surface area (Å²) in [7, 11) is 0. The second-order valence-electron chi connectivity index (χ2n) is 9.73. The molecule has 1 aliphatic carbocycles. The second-order valence-corrected chi connectivity index (χ2v) is 9.73. The van der Waals surface area contributed by atoms with E-state index < -0.39 is 0 Å². The van der Waals surface area contributed by atoms with Gasteiger partial charge in [-0.15, -0.1) is 0 Å². The molecule has 2 aromatic heterocycles. The second kappa shape index (κ2) is 8.24. The number of ether oxygens (including phenoxy) is 2. The third kappa shape index (κ3) is 3.59. The van der Waals surface area contributed by atoms with Gasteiger partial charge in [-0.05, 0) is 43.4 Å². The number of hydrogen-bond donors (Lipinski definition) is 0. The summed E-state index contributed by atoms with van der Waals surface area (Å²) >= 11 is 0. The van der Waals surface area contributed by atoms with Gasteiger partial charge in [0.2, 0.25) is 5.43 Å². The van der Waals surface area contributed by atoms with Crippen LogP contribution >= 0.6 is 0 Å². The molecule has 1 atom stereocenters. The molecule has 1 spiro atoms. The molecule has 7 heteroatoms. The van der Waals surface area contributed by atoms with Gasteiger partial charge in [0.15, 0.2) is 0 Å². The van der Waals surface area contributed by atoms with E-state index in [1.807, 2.05) is 23.6 Å². The zero-order valence-corrected chi connectivity index (χ0v) is 19.5. The van der Waals surface area contributed by atoms with Crippen LogP contribution in [0.15, 0.2) is 47.5 Å². The number of nitrogens with zero attached hydrogens (tertiary/aromatic N) is 3. The molecular formula is C27H29N3O4. The summed E-state index contributed by atoms with van der Waals surface area (Å²) in [5.74, 6) is 0.341. The van der Waals surface area contributed by atoms with E-state index in [-0.39, 0.29) is 28.6 Å². The molecule has 4 heterocycles. The van der Waals surface area contributed by atoms with E-state index in [4.69, 9.17) is 9.47 Å². The maximum atomic E-state index is 13.5. The summed E-state index contributed by atoms with van der Waals surface area (Å²) < 4.78 is 14.1. The van der Waals surface area contributed by atoms with Crippen molar-refractivity contribution in [2.75, 3.05) is 19.7 Å². The van der Waals surface area contributed by atoms with Crippen LogP contribution in [0.25, 0.3) is 11.0 Å². The molecule has 0 N–H and O–H groups in total. The molecule has 0 radical (unpaired) electrons. The predicted octanol–water partition coefficient (Wildman–Crippen LogP) is 3.36. The highest BCUT2D eigenvalue weighted by Gasteiger charge is 2.43. The minimum atomic E-state index is -0.286. The maximum absolute atomic E-state index is 13.5. The van der Waals surface area contributed by atoms with Crippen LogP contribution in [0.3, 0.4) is 0 Å². The normalized spacial score (nSPS) is 22.1. The number of amides is 1. The SMILES string of the molecule is CCn1cc(C(=O)N2CCC3(CCCO3)C2)c(=O)c2cc(OC3Cc4ccccc4C3)cnc21. The fourth-order valence-corrected chi connectivity index (χ4v) is 5.77. The Morgan fingerprint density at radius 3 is 2.74 bits per heavy atom. The molecule has 2 saturated heterocycles. The first kappa shape index (κ1) is 21.4. The van der Waals surface area contributed by atoms with E-state index in [1.54, 1.807) is 23.4 Å². The van der Waals surface area contributed by atoms with E-state index in [9.17, 15) is 9.59 Å². The molecule has 1 amide bonds. The van der Waals surface area contributed by atoms with Crippen molar-refractivity contribution in [3.05, 3.63) is 69.6 Å². The van der Waals surface area contributed by atoms with Gasteiger partial charge in [-0.3, -0.25) is 9.59 Å². The largest absolute Gasteiger partial charge is 0.488 e. The highest BCUT2D eigenvalue weighted by molar-refractivity contribution is 5.97. The molecule has 7 nitrogen and oxygen atoms in total. The smallest absolute Gasteiger partial charge is 0.259 e. The Kier molecular flexibility index (Phi) is 5.17. The lowest BCUT2D eigenvalue weighted by molar-refractivity contribution is 0.0126. The van der Waals surface area contributed by atoms with Crippen LogP contribution in [0.1, 0.15) is 47.7 Å². The molecule has 176 valence electrons. The van der Waals surface area contributed by atoms with Crippen molar-refractivity contribution < 1.29 is 14.3 Å². The minimum Gasteiger partial charge on any atom is -0.488 e. The number of likely N-dealkylation sites (tertiary alicyclic amines) is 1. The Hall–Kier alpha value is -3.19.